The molecule has 4 atom stereocenters. The second-order valence-corrected chi connectivity index (χ2v) is 11.0. The molecule has 1 N–H and O–H groups in total. The third-order valence-electron chi connectivity index (χ3n) is 4.76. The van der Waals surface area contributed by atoms with Crippen LogP contribution in [0.15, 0.2) is 64.4 Å². The lowest BCUT2D eigenvalue weighted by Crippen LogP contribution is -2.44. The lowest BCUT2D eigenvalue weighted by atomic mass is 10.1. The summed E-state index contributed by atoms with van der Waals surface area (Å²) < 4.78 is 35.1. The van der Waals surface area contributed by atoms with Gasteiger partial charge in [0, 0.05) is 4.90 Å². The molecule has 152 valence electrons. The Kier molecular flexibility index (Phi) is 7.61. The highest BCUT2D eigenvalue weighted by atomic mass is 79.9. The molecule has 28 heavy (non-hydrogen) atoms. The van der Waals surface area contributed by atoms with Gasteiger partial charge in [-0.3, -0.25) is 0 Å². The van der Waals surface area contributed by atoms with E-state index < -0.39 is 10.0 Å². The molecule has 1 aliphatic rings. The van der Waals surface area contributed by atoms with Crippen LogP contribution in [0, 0.1) is 6.92 Å². The van der Waals surface area contributed by atoms with Crippen LogP contribution in [0.3, 0.4) is 0 Å². The van der Waals surface area contributed by atoms with Crippen LogP contribution in [0.2, 0.25) is 0 Å². The van der Waals surface area contributed by atoms with E-state index in [1.807, 2.05) is 49.4 Å². The quantitative estimate of drug-likeness (QED) is 0.529. The molecule has 1 aliphatic heterocycles. The van der Waals surface area contributed by atoms with Crippen LogP contribution in [0.1, 0.15) is 31.7 Å². The van der Waals surface area contributed by atoms with Gasteiger partial charge in [-0.25, -0.2) is 13.1 Å². The van der Waals surface area contributed by atoms with E-state index in [1.165, 1.54) is 0 Å². The fourth-order valence-electron chi connectivity index (χ4n) is 3.17. The number of sulfonamides is 1. The first-order valence-corrected chi connectivity index (χ1v) is 12.8. The number of halogens is 1. The minimum absolute atomic E-state index is 0.0214. The minimum atomic E-state index is -3.64. The highest BCUT2D eigenvalue weighted by Crippen LogP contribution is 2.39. The van der Waals surface area contributed by atoms with E-state index in [0.717, 1.165) is 29.7 Å². The van der Waals surface area contributed by atoms with Crippen LogP contribution in [-0.4, -0.2) is 30.8 Å². The van der Waals surface area contributed by atoms with Gasteiger partial charge in [0.1, 0.15) is 5.44 Å². The predicted octanol–water partition coefficient (Wildman–Crippen LogP) is 5.11. The highest BCUT2D eigenvalue weighted by molar-refractivity contribution is 9.09. The van der Waals surface area contributed by atoms with Crippen molar-refractivity contribution in [1.29, 1.82) is 0 Å². The molecule has 4 nitrogen and oxygen atoms in total. The summed E-state index contributed by atoms with van der Waals surface area (Å²) in [6.07, 6.45) is 3.01. The monoisotopic (exact) mass is 483 g/mol. The molecule has 2 aromatic carbocycles. The van der Waals surface area contributed by atoms with Crippen LogP contribution in [0.25, 0.3) is 0 Å². The molecule has 1 heterocycles. The Morgan fingerprint density at radius 1 is 1.11 bits per heavy atom. The van der Waals surface area contributed by atoms with E-state index in [1.54, 1.807) is 23.9 Å². The average Bonchev–Trinajstić information content (AvgIpc) is 2.96. The van der Waals surface area contributed by atoms with Gasteiger partial charge in [-0.2, -0.15) is 0 Å². The van der Waals surface area contributed by atoms with Crippen molar-refractivity contribution in [2.45, 2.75) is 65.3 Å². The van der Waals surface area contributed by atoms with Crippen molar-refractivity contribution >= 4 is 37.7 Å². The van der Waals surface area contributed by atoms with Crippen LogP contribution in [-0.2, 0) is 14.8 Å². The molecule has 2 aromatic rings. The van der Waals surface area contributed by atoms with Crippen molar-refractivity contribution in [2.75, 3.05) is 0 Å². The molecule has 0 aliphatic carbocycles. The number of unbranched alkanes of at least 4 members (excludes halogenated alkanes) is 1. The molecular weight excluding hydrogens is 458 g/mol. The first-order valence-electron chi connectivity index (χ1n) is 9.51. The topological polar surface area (TPSA) is 55.4 Å². The Bertz CT molecular complexity index is 859. The van der Waals surface area contributed by atoms with Gasteiger partial charge in [0.25, 0.3) is 0 Å². The number of hydrogen-bond donors (Lipinski definition) is 1. The normalized spacial score (nSPS) is 25.1. The van der Waals surface area contributed by atoms with E-state index >= 15 is 0 Å². The first kappa shape index (κ1) is 21.8. The summed E-state index contributed by atoms with van der Waals surface area (Å²) in [6.45, 7) is 4.08. The van der Waals surface area contributed by atoms with Crippen molar-refractivity contribution in [3.05, 3.63) is 60.2 Å². The number of nitrogens with one attached hydrogen (secondary N) is 1. The van der Waals surface area contributed by atoms with E-state index in [2.05, 4.69) is 27.6 Å². The summed E-state index contributed by atoms with van der Waals surface area (Å²) in [6, 6.07) is 16.5. The van der Waals surface area contributed by atoms with Gasteiger partial charge in [0.2, 0.25) is 10.0 Å². The standard InChI is InChI=1S/C21H26BrNO3S2/c1-3-4-10-18-19(22)20(21(26-18)27-16-8-6-5-7-9-16)23-28(24,25)17-13-11-15(2)12-14-17/h5-9,11-14,18-21,23H,3-4,10H2,1-2H3/t18-,19-,20+,21-/m0/s1. The maximum Gasteiger partial charge on any atom is 0.240 e. The Morgan fingerprint density at radius 3 is 2.43 bits per heavy atom. The fourth-order valence-corrected chi connectivity index (χ4v) is 6.85. The van der Waals surface area contributed by atoms with Gasteiger partial charge in [-0.05, 0) is 37.6 Å². The molecule has 1 fully saturated rings. The van der Waals surface area contributed by atoms with E-state index in [4.69, 9.17) is 4.74 Å². The smallest absolute Gasteiger partial charge is 0.240 e. The maximum absolute atomic E-state index is 13.0. The summed E-state index contributed by atoms with van der Waals surface area (Å²) in [5, 5.41) is 0. The average molecular weight is 484 g/mol. The molecule has 3 rings (SSSR count). The molecule has 0 saturated carbocycles. The minimum Gasteiger partial charge on any atom is -0.361 e. The van der Waals surface area contributed by atoms with Crippen molar-refractivity contribution in [3.8, 4) is 0 Å². The van der Waals surface area contributed by atoms with Crippen molar-refractivity contribution in [2.24, 2.45) is 0 Å². The third-order valence-corrected chi connectivity index (χ3v) is 8.58. The summed E-state index contributed by atoms with van der Waals surface area (Å²) in [7, 11) is -3.64. The molecule has 0 unspecified atom stereocenters. The van der Waals surface area contributed by atoms with Crippen molar-refractivity contribution in [1.82, 2.24) is 4.72 Å². The van der Waals surface area contributed by atoms with Gasteiger partial charge in [0.05, 0.1) is 21.9 Å². The van der Waals surface area contributed by atoms with Gasteiger partial charge in [-0.1, -0.05) is 83.4 Å². The van der Waals surface area contributed by atoms with Crippen LogP contribution < -0.4 is 4.72 Å². The summed E-state index contributed by atoms with van der Waals surface area (Å²) in [5.41, 5.74) is 0.729. The fraction of sp³-hybridized carbons (Fsp3) is 0.429. The zero-order valence-corrected chi connectivity index (χ0v) is 19.3. The lowest BCUT2D eigenvalue weighted by Gasteiger charge is -2.21. The number of aryl methyl sites for hydroxylation is 1. The summed E-state index contributed by atoms with van der Waals surface area (Å²) in [4.78, 5) is 1.25. The van der Waals surface area contributed by atoms with Gasteiger partial charge in [0.15, 0.2) is 0 Å². The number of hydrogen-bond acceptors (Lipinski definition) is 4. The van der Waals surface area contributed by atoms with Gasteiger partial charge < -0.3 is 4.74 Å². The number of benzene rings is 2. The zero-order chi connectivity index (χ0) is 20.1. The Labute approximate surface area is 180 Å². The second-order valence-electron chi connectivity index (χ2n) is 7.02. The maximum atomic E-state index is 13.0. The molecule has 0 amide bonds. The third kappa shape index (κ3) is 5.39. The Morgan fingerprint density at radius 2 is 1.79 bits per heavy atom. The van der Waals surface area contributed by atoms with Crippen LogP contribution in [0.4, 0.5) is 0 Å². The Balaban J connectivity index is 1.81. The molecule has 7 heteroatoms. The molecule has 0 aromatic heterocycles. The largest absolute Gasteiger partial charge is 0.361 e. The molecule has 0 spiro atoms. The molecular formula is C21H26BrNO3S2. The van der Waals surface area contributed by atoms with E-state index in [9.17, 15) is 8.42 Å². The van der Waals surface area contributed by atoms with Crippen molar-refractivity contribution in [3.63, 3.8) is 0 Å². The van der Waals surface area contributed by atoms with Crippen LogP contribution in [0.5, 0.6) is 0 Å². The summed E-state index contributed by atoms with van der Waals surface area (Å²) in [5.74, 6) is 0. The predicted molar refractivity (Wildman–Crippen MR) is 118 cm³/mol. The van der Waals surface area contributed by atoms with Gasteiger partial charge in [-0.15, -0.1) is 0 Å². The van der Waals surface area contributed by atoms with Crippen LogP contribution >= 0.6 is 27.7 Å². The molecule has 0 bridgehead atoms. The zero-order valence-electron chi connectivity index (χ0n) is 16.0. The summed E-state index contributed by atoms with van der Waals surface area (Å²) >= 11 is 5.29. The SMILES string of the molecule is CCCC[C@@H]1O[C@@H](Sc2ccccc2)[C@H](NS(=O)(=O)c2ccc(C)cc2)[C@H]1Br. The number of alkyl halides is 1. The number of rotatable bonds is 8. The van der Waals surface area contributed by atoms with Crippen molar-refractivity contribution < 1.29 is 13.2 Å². The van der Waals surface area contributed by atoms with E-state index in [0.29, 0.717) is 0 Å². The second kappa shape index (κ2) is 9.76. The number of ether oxygens (including phenoxy) is 1. The first-order chi connectivity index (χ1) is 13.4. The van der Waals surface area contributed by atoms with E-state index in [-0.39, 0.29) is 27.3 Å². The Hall–Kier alpha value is -0.860. The number of thioether (sulfide) groups is 1. The molecule has 1 saturated heterocycles. The lowest BCUT2D eigenvalue weighted by molar-refractivity contribution is 0.0840. The van der Waals surface area contributed by atoms with Gasteiger partial charge >= 0.3 is 0 Å². The highest BCUT2D eigenvalue weighted by Gasteiger charge is 2.45. The molecule has 0 radical (unpaired) electrons.